The van der Waals surface area contributed by atoms with Gasteiger partial charge in [0.15, 0.2) is 0 Å². The van der Waals surface area contributed by atoms with Crippen molar-refractivity contribution in [2.45, 2.75) is 19.3 Å². The normalized spacial score (nSPS) is 25.6. The molecule has 2 atom stereocenters. The molecule has 2 rings (SSSR count). The van der Waals surface area contributed by atoms with Gasteiger partial charge in [0.05, 0.1) is 12.5 Å². The number of rotatable bonds is 6. The summed E-state index contributed by atoms with van der Waals surface area (Å²) < 4.78 is 4.97. The third-order valence-electron chi connectivity index (χ3n) is 4.11. The van der Waals surface area contributed by atoms with E-state index in [1.165, 1.54) is 6.42 Å². The molecule has 122 valence electrons. The van der Waals surface area contributed by atoms with Crippen molar-refractivity contribution in [1.82, 2.24) is 15.5 Å². The van der Waals surface area contributed by atoms with Crippen LogP contribution in [0.15, 0.2) is 0 Å². The summed E-state index contributed by atoms with van der Waals surface area (Å²) in [5.74, 6) is 0.399. The molecule has 6 nitrogen and oxygen atoms in total. The van der Waals surface area contributed by atoms with Crippen LogP contribution in [0.4, 0.5) is 0 Å². The number of ether oxygens (including phenoxy) is 1. The molecule has 2 aliphatic heterocycles. The highest BCUT2D eigenvalue weighted by molar-refractivity contribution is 5.89. The molecule has 21 heavy (non-hydrogen) atoms. The highest BCUT2D eigenvalue weighted by atomic mass is 35.5. The zero-order chi connectivity index (χ0) is 14.4. The smallest absolute Gasteiger partial charge is 0.225 e. The monoisotopic (exact) mass is 319 g/mol. The number of amides is 2. The number of carbonyl (C=O) groups excluding carboxylic acids is 2. The maximum Gasteiger partial charge on any atom is 0.225 e. The quantitative estimate of drug-likeness (QED) is 0.724. The standard InChI is InChI=1S/C14H25N3O3.ClH/c1-20-6-5-17-10-12(7-13(17)18)14(19)16-9-11-3-2-4-15-8-11;/h11-12,15H,2-10H2,1H3,(H,16,19);1H. The Balaban J connectivity index is 0.00000220. The lowest BCUT2D eigenvalue weighted by Gasteiger charge is -2.23. The molecule has 2 amide bonds. The van der Waals surface area contributed by atoms with Gasteiger partial charge < -0.3 is 20.3 Å². The van der Waals surface area contributed by atoms with Crippen LogP contribution in [0.2, 0.25) is 0 Å². The minimum Gasteiger partial charge on any atom is -0.383 e. The van der Waals surface area contributed by atoms with Gasteiger partial charge in [-0.25, -0.2) is 0 Å². The fraction of sp³-hybridized carbons (Fsp3) is 0.857. The van der Waals surface area contributed by atoms with E-state index in [2.05, 4.69) is 10.6 Å². The number of hydrogen-bond donors (Lipinski definition) is 2. The lowest BCUT2D eigenvalue weighted by molar-refractivity contribution is -0.129. The van der Waals surface area contributed by atoms with Gasteiger partial charge in [0.1, 0.15) is 0 Å². The van der Waals surface area contributed by atoms with Crippen molar-refractivity contribution in [3.63, 3.8) is 0 Å². The number of piperidine rings is 1. The molecule has 0 aromatic heterocycles. The summed E-state index contributed by atoms with van der Waals surface area (Å²) in [6.45, 7) is 4.39. The van der Waals surface area contributed by atoms with Gasteiger partial charge in [-0.1, -0.05) is 0 Å². The number of halogens is 1. The molecule has 0 bridgehead atoms. The number of nitrogens with one attached hydrogen (secondary N) is 2. The van der Waals surface area contributed by atoms with Gasteiger partial charge in [-0.2, -0.15) is 0 Å². The zero-order valence-corrected chi connectivity index (χ0v) is 13.4. The highest BCUT2D eigenvalue weighted by Crippen LogP contribution is 2.18. The van der Waals surface area contributed by atoms with Crippen molar-refractivity contribution in [1.29, 1.82) is 0 Å². The fourth-order valence-corrected chi connectivity index (χ4v) is 2.85. The van der Waals surface area contributed by atoms with Crippen molar-refractivity contribution in [2.24, 2.45) is 11.8 Å². The molecule has 2 fully saturated rings. The number of carbonyl (C=O) groups is 2. The summed E-state index contributed by atoms with van der Waals surface area (Å²) in [5, 5.41) is 6.34. The second kappa shape index (κ2) is 9.23. The number of methoxy groups -OCH3 is 1. The Kier molecular flexibility index (Phi) is 8.00. The number of nitrogens with zero attached hydrogens (tertiary/aromatic N) is 1. The third-order valence-corrected chi connectivity index (χ3v) is 4.11. The van der Waals surface area contributed by atoms with Crippen molar-refractivity contribution in [3.05, 3.63) is 0 Å². The average Bonchev–Trinajstić information content (AvgIpc) is 2.85. The first-order valence-corrected chi connectivity index (χ1v) is 7.46. The van der Waals surface area contributed by atoms with Gasteiger partial charge in [0.25, 0.3) is 0 Å². The third kappa shape index (κ3) is 5.45. The van der Waals surface area contributed by atoms with Crippen LogP contribution >= 0.6 is 12.4 Å². The van der Waals surface area contributed by atoms with Crippen LogP contribution in [0.1, 0.15) is 19.3 Å². The Labute approximate surface area is 132 Å². The van der Waals surface area contributed by atoms with Crippen LogP contribution in [0.25, 0.3) is 0 Å². The predicted molar refractivity (Wildman–Crippen MR) is 82.4 cm³/mol. The highest BCUT2D eigenvalue weighted by Gasteiger charge is 2.34. The number of hydrogen-bond acceptors (Lipinski definition) is 4. The lowest BCUT2D eigenvalue weighted by atomic mass is 9.99. The second-order valence-corrected chi connectivity index (χ2v) is 5.69. The van der Waals surface area contributed by atoms with E-state index in [4.69, 9.17) is 4.74 Å². The molecular weight excluding hydrogens is 294 g/mol. The minimum atomic E-state index is -0.198. The van der Waals surface area contributed by atoms with Crippen LogP contribution in [-0.2, 0) is 14.3 Å². The second-order valence-electron chi connectivity index (χ2n) is 5.69. The summed E-state index contributed by atoms with van der Waals surface area (Å²) in [7, 11) is 1.61. The SMILES string of the molecule is COCCN1CC(C(=O)NCC2CCCNC2)CC1=O.Cl. The Bertz CT molecular complexity index is 348. The molecule has 0 aromatic carbocycles. The molecular formula is C14H26ClN3O3. The first kappa shape index (κ1) is 18.2. The van der Waals surface area contributed by atoms with Gasteiger partial charge in [-0.15, -0.1) is 12.4 Å². The van der Waals surface area contributed by atoms with E-state index in [0.717, 1.165) is 19.5 Å². The molecule has 2 saturated heterocycles. The molecule has 2 unspecified atom stereocenters. The van der Waals surface area contributed by atoms with Crippen molar-refractivity contribution in [3.8, 4) is 0 Å². The Hall–Kier alpha value is -0.850. The van der Waals surface area contributed by atoms with E-state index < -0.39 is 0 Å². The summed E-state index contributed by atoms with van der Waals surface area (Å²) in [6, 6.07) is 0. The van der Waals surface area contributed by atoms with Crippen LogP contribution < -0.4 is 10.6 Å². The van der Waals surface area contributed by atoms with E-state index in [9.17, 15) is 9.59 Å². The Morgan fingerprint density at radius 3 is 3.00 bits per heavy atom. The molecule has 0 aromatic rings. The Morgan fingerprint density at radius 1 is 1.52 bits per heavy atom. The Morgan fingerprint density at radius 2 is 2.33 bits per heavy atom. The zero-order valence-electron chi connectivity index (χ0n) is 12.6. The van der Waals surface area contributed by atoms with E-state index in [1.54, 1.807) is 12.0 Å². The van der Waals surface area contributed by atoms with Crippen molar-refractivity contribution in [2.75, 3.05) is 46.4 Å². The molecule has 0 radical (unpaired) electrons. The molecule has 2 aliphatic rings. The molecule has 0 spiro atoms. The first-order chi connectivity index (χ1) is 9.70. The van der Waals surface area contributed by atoms with Crippen LogP contribution in [0.3, 0.4) is 0 Å². The van der Waals surface area contributed by atoms with Gasteiger partial charge in [0, 0.05) is 33.2 Å². The topological polar surface area (TPSA) is 70.7 Å². The molecule has 0 saturated carbocycles. The molecule has 0 aliphatic carbocycles. The maximum atomic E-state index is 12.1. The minimum absolute atomic E-state index is 0. The number of likely N-dealkylation sites (tertiary alicyclic amines) is 1. The molecule has 7 heteroatoms. The van der Waals surface area contributed by atoms with Gasteiger partial charge in [-0.3, -0.25) is 9.59 Å². The predicted octanol–water partition coefficient (Wildman–Crippen LogP) is 0.0189. The maximum absolute atomic E-state index is 12.1. The van der Waals surface area contributed by atoms with Crippen molar-refractivity contribution >= 4 is 24.2 Å². The van der Waals surface area contributed by atoms with E-state index >= 15 is 0 Å². The van der Waals surface area contributed by atoms with Gasteiger partial charge in [-0.05, 0) is 31.8 Å². The van der Waals surface area contributed by atoms with Crippen LogP contribution in [0.5, 0.6) is 0 Å². The van der Waals surface area contributed by atoms with E-state index in [-0.39, 0.29) is 30.1 Å². The largest absolute Gasteiger partial charge is 0.383 e. The van der Waals surface area contributed by atoms with E-state index in [1.807, 2.05) is 0 Å². The lowest BCUT2D eigenvalue weighted by Crippen LogP contribution is -2.40. The average molecular weight is 320 g/mol. The fourth-order valence-electron chi connectivity index (χ4n) is 2.85. The summed E-state index contributed by atoms with van der Waals surface area (Å²) in [6.07, 6.45) is 2.67. The molecule has 2 N–H and O–H groups in total. The molecule has 2 heterocycles. The van der Waals surface area contributed by atoms with Crippen LogP contribution in [-0.4, -0.2) is 63.2 Å². The van der Waals surface area contributed by atoms with E-state index in [0.29, 0.717) is 38.6 Å². The summed E-state index contributed by atoms with van der Waals surface area (Å²) in [4.78, 5) is 25.6. The summed E-state index contributed by atoms with van der Waals surface area (Å²) in [5.41, 5.74) is 0. The summed E-state index contributed by atoms with van der Waals surface area (Å²) >= 11 is 0. The van der Waals surface area contributed by atoms with Crippen LogP contribution in [0, 0.1) is 11.8 Å². The van der Waals surface area contributed by atoms with Gasteiger partial charge >= 0.3 is 0 Å². The first-order valence-electron chi connectivity index (χ1n) is 7.46. The van der Waals surface area contributed by atoms with Gasteiger partial charge in [0.2, 0.25) is 11.8 Å². The van der Waals surface area contributed by atoms with Crippen molar-refractivity contribution < 1.29 is 14.3 Å².